The van der Waals surface area contributed by atoms with E-state index in [4.69, 9.17) is 5.73 Å². The molecule has 2 unspecified atom stereocenters. The molecule has 5 nitrogen and oxygen atoms in total. The standard InChI is InChI=1S/C16H21N3O2S/c17-15(20)10-22-14-4-2-1-3-13(14)16(21)19-11-5-6-12(19)9-18-8-7-11/h1-4,11-12,18H,5-10H2,(H2,17,20). The van der Waals surface area contributed by atoms with Gasteiger partial charge in [0.15, 0.2) is 0 Å². The zero-order valence-electron chi connectivity index (χ0n) is 12.5. The number of benzene rings is 1. The Labute approximate surface area is 134 Å². The second-order valence-corrected chi connectivity index (χ2v) is 6.86. The Morgan fingerprint density at radius 2 is 2.00 bits per heavy atom. The molecule has 0 radical (unpaired) electrons. The maximum absolute atomic E-state index is 13.0. The highest BCUT2D eigenvalue weighted by molar-refractivity contribution is 8.00. The van der Waals surface area contributed by atoms with Crippen molar-refractivity contribution < 1.29 is 9.59 Å². The average Bonchev–Trinajstić information content (AvgIpc) is 2.78. The molecule has 6 heteroatoms. The second-order valence-electron chi connectivity index (χ2n) is 5.84. The van der Waals surface area contributed by atoms with E-state index in [9.17, 15) is 9.59 Å². The Hall–Kier alpha value is -1.53. The third-order valence-electron chi connectivity index (χ3n) is 4.38. The van der Waals surface area contributed by atoms with Gasteiger partial charge in [-0.15, -0.1) is 11.8 Å². The molecular weight excluding hydrogens is 298 g/mol. The molecule has 2 heterocycles. The van der Waals surface area contributed by atoms with Gasteiger partial charge in [-0.1, -0.05) is 12.1 Å². The number of primary amides is 1. The minimum absolute atomic E-state index is 0.0868. The summed E-state index contributed by atoms with van der Waals surface area (Å²) in [7, 11) is 0. The molecule has 22 heavy (non-hydrogen) atoms. The lowest BCUT2D eigenvalue weighted by Gasteiger charge is -2.28. The zero-order valence-corrected chi connectivity index (χ0v) is 13.3. The van der Waals surface area contributed by atoms with Gasteiger partial charge >= 0.3 is 0 Å². The summed E-state index contributed by atoms with van der Waals surface area (Å²) < 4.78 is 0. The van der Waals surface area contributed by atoms with Crippen LogP contribution < -0.4 is 11.1 Å². The van der Waals surface area contributed by atoms with Crippen molar-refractivity contribution in [3.05, 3.63) is 29.8 Å². The number of nitrogens with two attached hydrogens (primary N) is 1. The Morgan fingerprint density at radius 3 is 2.82 bits per heavy atom. The van der Waals surface area contributed by atoms with Gasteiger partial charge in [-0.25, -0.2) is 0 Å². The summed E-state index contributed by atoms with van der Waals surface area (Å²) >= 11 is 1.34. The van der Waals surface area contributed by atoms with Crippen molar-refractivity contribution in [1.29, 1.82) is 0 Å². The highest BCUT2D eigenvalue weighted by Gasteiger charge is 2.38. The third-order valence-corrected chi connectivity index (χ3v) is 5.47. The van der Waals surface area contributed by atoms with Crippen molar-refractivity contribution in [1.82, 2.24) is 10.2 Å². The predicted molar refractivity (Wildman–Crippen MR) is 86.8 cm³/mol. The Morgan fingerprint density at radius 1 is 1.23 bits per heavy atom. The van der Waals surface area contributed by atoms with Crippen molar-refractivity contribution in [2.45, 2.75) is 36.2 Å². The first-order chi connectivity index (χ1) is 10.7. The van der Waals surface area contributed by atoms with Crippen LogP contribution in [0, 0.1) is 0 Å². The first kappa shape index (κ1) is 15.4. The number of carbonyl (C=O) groups is 2. The number of fused-ring (bicyclic) bond motifs is 2. The quantitative estimate of drug-likeness (QED) is 0.819. The number of hydrogen-bond acceptors (Lipinski definition) is 4. The van der Waals surface area contributed by atoms with E-state index in [1.54, 1.807) is 0 Å². The molecule has 3 rings (SSSR count). The van der Waals surface area contributed by atoms with Crippen LogP contribution in [0.5, 0.6) is 0 Å². The molecule has 1 aromatic rings. The lowest BCUT2D eigenvalue weighted by molar-refractivity contribution is -0.115. The van der Waals surface area contributed by atoms with Crippen LogP contribution in [-0.4, -0.2) is 47.6 Å². The zero-order chi connectivity index (χ0) is 15.5. The lowest BCUT2D eigenvalue weighted by atomic mass is 10.1. The first-order valence-corrected chi connectivity index (χ1v) is 8.69. The molecule has 118 valence electrons. The van der Waals surface area contributed by atoms with Crippen molar-refractivity contribution in [2.24, 2.45) is 5.73 Å². The van der Waals surface area contributed by atoms with Gasteiger partial charge in [0.05, 0.1) is 11.3 Å². The van der Waals surface area contributed by atoms with Gasteiger partial charge in [-0.2, -0.15) is 0 Å². The van der Waals surface area contributed by atoms with Crippen molar-refractivity contribution in [3.63, 3.8) is 0 Å². The smallest absolute Gasteiger partial charge is 0.255 e. The molecule has 2 bridgehead atoms. The summed E-state index contributed by atoms with van der Waals surface area (Å²) in [6.07, 6.45) is 3.17. The largest absolute Gasteiger partial charge is 0.369 e. The molecule has 2 aliphatic rings. The summed E-state index contributed by atoms with van der Waals surface area (Å²) in [6, 6.07) is 8.12. The molecule has 3 N–H and O–H groups in total. The van der Waals surface area contributed by atoms with Gasteiger partial charge in [0.25, 0.3) is 5.91 Å². The summed E-state index contributed by atoms with van der Waals surface area (Å²) in [4.78, 5) is 27.0. The lowest BCUT2D eigenvalue weighted by Crippen LogP contribution is -2.42. The number of nitrogens with zero attached hydrogens (tertiary/aromatic N) is 1. The van der Waals surface area contributed by atoms with Crippen LogP contribution in [0.25, 0.3) is 0 Å². The van der Waals surface area contributed by atoms with Gasteiger partial charge in [-0.05, 0) is 37.9 Å². The minimum atomic E-state index is -0.369. The molecule has 2 atom stereocenters. The Kier molecular flexibility index (Phi) is 4.69. The van der Waals surface area contributed by atoms with E-state index in [0.717, 1.165) is 37.2 Å². The van der Waals surface area contributed by atoms with E-state index in [0.29, 0.717) is 11.6 Å². The molecular formula is C16H21N3O2S. The number of hydrogen-bond donors (Lipinski definition) is 2. The van der Waals surface area contributed by atoms with E-state index in [2.05, 4.69) is 10.2 Å². The van der Waals surface area contributed by atoms with E-state index in [-0.39, 0.29) is 23.6 Å². The summed E-state index contributed by atoms with van der Waals surface area (Å²) in [5.74, 6) is -0.0892. The topological polar surface area (TPSA) is 75.4 Å². The van der Waals surface area contributed by atoms with Gasteiger partial charge in [0.1, 0.15) is 0 Å². The molecule has 0 spiro atoms. The number of thioether (sulfide) groups is 1. The first-order valence-electron chi connectivity index (χ1n) is 7.70. The molecule has 0 aromatic heterocycles. The molecule has 2 aliphatic heterocycles. The SMILES string of the molecule is NC(=O)CSc1ccccc1C(=O)N1C2CCNCC1CC2. The molecule has 1 aromatic carbocycles. The van der Waals surface area contributed by atoms with Crippen molar-refractivity contribution in [3.8, 4) is 0 Å². The van der Waals surface area contributed by atoms with Crippen LogP contribution in [0.15, 0.2) is 29.2 Å². The summed E-state index contributed by atoms with van der Waals surface area (Å²) in [5, 5.41) is 3.41. The molecule has 0 aliphatic carbocycles. The Bertz CT molecular complexity index is 564. The maximum atomic E-state index is 13.0. The normalized spacial score (nSPS) is 24.1. The molecule has 2 amide bonds. The van der Waals surface area contributed by atoms with Crippen LogP contribution >= 0.6 is 11.8 Å². The predicted octanol–water partition coefficient (Wildman–Crippen LogP) is 1.23. The van der Waals surface area contributed by atoms with Gasteiger partial charge in [0.2, 0.25) is 5.91 Å². The number of rotatable bonds is 4. The monoisotopic (exact) mass is 319 g/mol. The second kappa shape index (κ2) is 6.71. The van der Waals surface area contributed by atoms with Crippen molar-refractivity contribution in [2.75, 3.05) is 18.8 Å². The highest BCUT2D eigenvalue weighted by Crippen LogP contribution is 2.32. The fourth-order valence-corrected chi connectivity index (χ4v) is 4.15. The molecule has 0 saturated carbocycles. The van der Waals surface area contributed by atoms with E-state index < -0.39 is 0 Å². The number of nitrogens with one attached hydrogen (secondary N) is 1. The Balaban J connectivity index is 1.84. The number of amides is 2. The summed E-state index contributed by atoms with van der Waals surface area (Å²) in [5.41, 5.74) is 5.91. The van der Waals surface area contributed by atoms with Gasteiger partial charge in [-0.3, -0.25) is 9.59 Å². The van der Waals surface area contributed by atoms with Gasteiger partial charge in [0, 0.05) is 23.5 Å². The highest BCUT2D eigenvalue weighted by atomic mass is 32.2. The van der Waals surface area contributed by atoms with E-state index in [1.165, 1.54) is 11.8 Å². The number of carbonyl (C=O) groups excluding carboxylic acids is 2. The molecule has 2 fully saturated rings. The van der Waals surface area contributed by atoms with Crippen LogP contribution in [0.3, 0.4) is 0 Å². The van der Waals surface area contributed by atoms with Crippen molar-refractivity contribution >= 4 is 23.6 Å². The maximum Gasteiger partial charge on any atom is 0.255 e. The van der Waals surface area contributed by atoms with Gasteiger partial charge < -0.3 is 16.0 Å². The van der Waals surface area contributed by atoms with E-state index in [1.807, 2.05) is 24.3 Å². The third kappa shape index (κ3) is 3.13. The van der Waals surface area contributed by atoms with Crippen LogP contribution in [0.1, 0.15) is 29.6 Å². The van der Waals surface area contributed by atoms with Crippen LogP contribution in [0.4, 0.5) is 0 Å². The van der Waals surface area contributed by atoms with E-state index >= 15 is 0 Å². The fraction of sp³-hybridized carbons (Fsp3) is 0.500. The minimum Gasteiger partial charge on any atom is -0.369 e. The summed E-state index contributed by atoms with van der Waals surface area (Å²) in [6.45, 7) is 1.85. The average molecular weight is 319 g/mol. The molecule has 2 saturated heterocycles. The fourth-order valence-electron chi connectivity index (χ4n) is 3.37. The van der Waals surface area contributed by atoms with Crippen LogP contribution in [0.2, 0.25) is 0 Å². The van der Waals surface area contributed by atoms with Crippen LogP contribution in [-0.2, 0) is 4.79 Å².